The van der Waals surface area contributed by atoms with Crippen molar-refractivity contribution in [3.05, 3.63) is 71.1 Å². The highest BCUT2D eigenvalue weighted by Crippen LogP contribution is 2.24. The summed E-state index contributed by atoms with van der Waals surface area (Å²) in [5.74, 6) is -0.134. The first-order chi connectivity index (χ1) is 13.4. The molecule has 1 radical (unpaired) electrons. The zero-order valence-corrected chi connectivity index (χ0v) is 16.0. The van der Waals surface area contributed by atoms with E-state index in [4.69, 9.17) is 10.5 Å². The topological polar surface area (TPSA) is 89.7 Å². The maximum absolute atomic E-state index is 12.4. The number of amides is 3. The van der Waals surface area contributed by atoms with Gasteiger partial charge in [0.15, 0.2) is 0 Å². The van der Waals surface area contributed by atoms with Gasteiger partial charge in [-0.15, -0.1) is 0 Å². The van der Waals surface area contributed by atoms with Crippen molar-refractivity contribution in [2.24, 2.45) is 11.7 Å². The van der Waals surface area contributed by atoms with Gasteiger partial charge in [0.25, 0.3) is 11.8 Å². The Balaban J connectivity index is 1.59. The van der Waals surface area contributed by atoms with Gasteiger partial charge in [-0.25, -0.2) is 0 Å². The third-order valence-electron chi connectivity index (χ3n) is 4.70. The number of aryl methyl sites for hydroxylation is 1. The number of benzene rings is 2. The fourth-order valence-corrected chi connectivity index (χ4v) is 3.20. The fourth-order valence-electron chi connectivity index (χ4n) is 3.20. The zero-order chi connectivity index (χ0) is 20.3. The Bertz CT molecular complexity index is 888. The molecule has 0 saturated heterocycles. The molecule has 0 aromatic heterocycles. The van der Waals surface area contributed by atoms with Crippen LogP contribution in [0.4, 0.5) is 0 Å². The van der Waals surface area contributed by atoms with E-state index in [9.17, 15) is 14.4 Å². The molecule has 3 amide bonds. The lowest BCUT2D eigenvalue weighted by Gasteiger charge is -2.16. The molecule has 1 aliphatic heterocycles. The van der Waals surface area contributed by atoms with E-state index in [0.717, 1.165) is 11.1 Å². The van der Waals surface area contributed by atoms with Gasteiger partial charge < -0.3 is 10.5 Å². The Morgan fingerprint density at radius 1 is 1.14 bits per heavy atom. The number of ether oxygens (including phenoxy) is 1. The second-order valence-electron chi connectivity index (χ2n) is 7.08. The van der Waals surface area contributed by atoms with Crippen molar-refractivity contribution in [3.8, 4) is 5.75 Å². The molecule has 0 unspecified atom stereocenters. The third-order valence-corrected chi connectivity index (χ3v) is 4.70. The van der Waals surface area contributed by atoms with Crippen molar-refractivity contribution in [3.63, 3.8) is 0 Å². The minimum absolute atomic E-state index is 0.0397. The molecule has 2 aromatic carbocycles. The molecule has 1 atom stereocenters. The van der Waals surface area contributed by atoms with Crippen LogP contribution in [0.1, 0.15) is 45.2 Å². The number of rotatable bonds is 8. The van der Waals surface area contributed by atoms with E-state index in [2.05, 4.69) is 0 Å². The van der Waals surface area contributed by atoms with Gasteiger partial charge in [0.2, 0.25) is 5.91 Å². The summed E-state index contributed by atoms with van der Waals surface area (Å²) >= 11 is 0. The Labute approximate surface area is 164 Å². The van der Waals surface area contributed by atoms with E-state index >= 15 is 0 Å². The van der Waals surface area contributed by atoms with Crippen molar-refractivity contribution in [2.45, 2.75) is 20.3 Å². The second-order valence-corrected chi connectivity index (χ2v) is 7.08. The van der Waals surface area contributed by atoms with Gasteiger partial charge >= 0.3 is 0 Å². The summed E-state index contributed by atoms with van der Waals surface area (Å²) in [4.78, 5) is 37.0. The average Bonchev–Trinajstić information content (AvgIpc) is 2.90. The molecule has 28 heavy (non-hydrogen) atoms. The Morgan fingerprint density at radius 3 is 2.36 bits per heavy atom. The van der Waals surface area contributed by atoms with Crippen LogP contribution in [0.15, 0.2) is 42.5 Å². The number of nitrogens with zero attached hydrogens (tertiary/aromatic N) is 1. The largest absolute Gasteiger partial charge is 0.493 e. The van der Waals surface area contributed by atoms with Gasteiger partial charge in [-0.1, -0.05) is 25.1 Å². The number of primary amides is 1. The monoisotopic (exact) mass is 379 g/mol. The molecular formula is C22H23N2O4. The molecular weight excluding hydrogens is 356 g/mol. The molecule has 0 aliphatic carbocycles. The zero-order valence-electron chi connectivity index (χ0n) is 16.0. The Hall–Kier alpha value is -3.15. The fraction of sp³-hybridized carbons (Fsp3) is 0.273. The van der Waals surface area contributed by atoms with Crippen LogP contribution in [-0.4, -0.2) is 35.8 Å². The maximum Gasteiger partial charge on any atom is 0.261 e. The van der Waals surface area contributed by atoms with Crippen LogP contribution in [0.2, 0.25) is 0 Å². The van der Waals surface area contributed by atoms with Crippen LogP contribution in [0.3, 0.4) is 0 Å². The standard InChI is InChI=1S/C22H23N2O4/c1-14(11-20(23)25)13-28-17-8-7-16(15(2)12-17)9-10-24-21(26)18-5-3-4-6-19(18)22(24)27/h3-9,12,14H,10-11,13H2,1-2H3,(H2,23,25)/t14-/m0/s1. The maximum atomic E-state index is 12.4. The summed E-state index contributed by atoms with van der Waals surface area (Å²) in [5.41, 5.74) is 7.98. The summed E-state index contributed by atoms with van der Waals surface area (Å²) in [6.07, 6.45) is 2.14. The van der Waals surface area contributed by atoms with E-state index in [1.165, 1.54) is 4.90 Å². The summed E-state index contributed by atoms with van der Waals surface area (Å²) in [6.45, 7) is 4.46. The molecule has 3 rings (SSSR count). The average molecular weight is 379 g/mol. The van der Waals surface area contributed by atoms with Crippen LogP contribution >= 0.6 is 0 Å². The first-order valence-corrected chi connectivity index (χ1v) is 9.17. The number of imide groups is 1. The summed E-state index contributed by atoms with van der Waals surface area (Å²) < 4.78 is 5.72. The molecule has 6 heteroatoms. The first kappa shape index (κ1) is 19.6. The molecule has 2 N–H and O–H groups in total. The highest BCUT2D eigenvalue weighted by atomic mass is 16.5. The minimum atomic E-state index is -0.342. The Kier molecular flexibility index (Phi) is 5.78. The first-order valence-electron chi connectivity index (χ1n) is 9.17. The number of hydrogen-bond acceptors (Lipinski definition) is 4. The van der Waals surface area contributed by atoms with Gasteiger partial charge in [-0.05, 0) is 48.2 Å². The third kappa shape index (κ3) is 4.22. The van der Waals surface area contributed by atoms with Crippen LogP contribution in [-0.2, 0) is 4.79 Å². The van der Waals surface area contributed by atoms with Crippen LogP contribution in [0, 0.1) is 19.3 Å². The summed E-state index contributed by atoms with van der Waals surface area (Å²) in [6, 6.07) is 12.5. The molecule has 0 spiro atoms. The van der Waals surface area contributed by atoms with Crippen molar-refractivity contribution in [1.29, 1.82) is 0 Å². The molecule has 1 heterocycles. The molecule has 145 valence electrons. The number of nitrogens with two attached hydrogens (primary N) is 1. The molecule has 6 nitrogen and oxygen atoms in total. The lowest BCUT2D eigenvalue weighted by atomic mass is 10.0. The van der Waals surface area contributed by atoms with Gasteiger partial charge in [0.05, 0.1) is 17.7 Å². The number of fused-ring (bicyclic) bond motifs is 1. The second kappa shape index (κ2) is 8.25. The van der Waals surface area contributed by atoms with Crippen molar-refractivity contribution < 1.29 is 19.1 Å². The normalized spacial score (nSPS) is 14.1. The lowest BCUT2D eigenvalue weighted by Crippen LogP contribution is -2.31. The van der Waals surface area contributed by atoms with Gasteiger partial charge in [0.1, 0.15) is 5.75 Å². The highest BCUT2D eigenvalue weighted by Gasteiger charge is 2.34. The van der Waals surface area contributed by atoms with Gasteiger partial charge in [-0.3, -0.25) is 19.3 Å². The van der Waals surface area contributed by atoms with E-state index in [1.54, 1.807) is 24.3 Å². The molecule has 1 aliphatic rings. The SMILES string of the molecule is Cc1cc(OC[C@@H](C)CC(N)=O)ccc1[CH]CN1C(=O)c2ccccc2C1=O. The Morgan fingerprint density at radius 2 is 1.79 bits per heavy atom. The van der Waals surface area contributed by atoms with E-state index in [0.29, 0.717) is 23.5 Å². The van der Waals surface area contributed by atoms with Crippen LogP contribution in [0.25, 0.3) is 0 Å². The van der Waals surface area contributed by atoms with Gasteiger partial charge in [-0.2, -0.15) is 0 Å². The lowest BCUT2D eigenvalue weighted by molar-refractivity contribution is -0.119. The van der Waals surface area contributed by atoms with Crippen LogP contribution < -0.4 is 10.5 Å². The summed E-state index contributed by atoms with van der Waals surface area (Å²) in [5, 5.41) is 0. The molecule has 0 fully saturated rings. The van der Waals surface area contributed by atoms with Crippen molar-refractivity contribution in [2.75, 3.05) is 13.2 Å². The predicted octanol–water partition coefficient (Wildman–Crippen LogP) is 2.73. The van der Waals surface area contributed by atoms with E-state index in [-0.39, 0.29) is 36.6 Å². The van der Waals surface area contributed by atoms with Crippen LogP contribution in [0.5, 0.6) is 5.75 Å². The van der Waals surface area contributed by atoms with Crippen molar-refractivity contribution in [1.82, 2.24) is 4.90 Å². The highest BCUT2D eigenvalue weighted by molar-refractivity contribution is 6.21. The minimum Gasteiger partial charge on any atom is -0.493 e. The quantitative estimate of drug-likeness (QED) is 0.714. The molecule has 0 saturated carbocycles. The number of carbonyl (C=O) groups excluding carboxylic acids is 3. The van der Waals surface area contributed by atoms with E-state index in [1.807, 2.05) is 38.5 Å². The smallest absolute Gasteiger partial charge is 0.261 e. The summed E-state index contributed by atoms with van der Waals surface area (Å²) in [7, 11) is 0. The molecule has 0 bridgehead atoms. The van der Waals surface area contributed by atoms with Crippen molar-refractivity contribution >= 4 is 17.7 Å². The number of carbonyl (C=O) groups is 3. The molecule has 2 aromatic rings. The predicted molar refractivity (Wildman–Crippen MR) is 105 cm³/mol. The van der Waals surface area contributed by atoms with Gasteiger partial charge in [0, 0.05) is 19.4 Å². The number of hydrogen-bond donors (Lipinski definition) is 1. The van der Waals surface area contributed by atoms with E-state index < -0.39 is 0 Å².